The van der Waals surface area contributed by atoms with Gasteiger partial charge in [-0.2, -0.15) is 0 Å². The molecule has 0 aliphatic rings. The number of carboxylic acid groups (broad SMARTS) is 1. The first-order valence-electron chi connectivity index (χ1n) is 5.17. The molecule has 88 valence electrons. The van der Waals surface area contributed by atoms with Crippen LogP contribution < -0.4 is 10.6 Å². The zero-order chi connectivity index (χ0) is 12.3. The fraction of sp³-hybridized carbons (Fsp3) is 0.417. The molecule has 0 bridgehead atoms. The van der Waals surface area contributed by atoms with Crippen molar-refractivity contribution < 1.29 is 9.90 Å². The van der Waals surface area contributed by atoms with Gasteiger partial charge in [0.15, 0.2) is 0 Å². The topological polar surface area (TPSA) is 66.6 Å². The van der Waals surface area contributed by atoms with Crippen LogP contribution in [0.15, 0.2) is 18.2 Å². The van der Waals surface area contributed by atoms with Gasteiger partial charge in [0.1, 0.15) is 0 Å². The van der Waals surface area contributed by atoms with Crippen molar-refractivity contribution in [2.45, 2.75) is 19.4 Å². The lowest BCUT2D eigenvalue weighted by Gasteiger charge is -2.21. The summed E-state index contributed by atoms with van der Waals surface area (Å²) < 4.78 is 0. The zero-order valence-electron chi connectivity index (χ0n) is 9.90. The standard InChI is InChI=1S/C12H18N2O2/c1-8-4-5-9(10(13)7-12(15)16)11(6-8)14(2)3/h4-6,10H,7,13H2,1-3H3,(H,15,16). The van der Waals surface area contributed by atoms with Crippen molar-refractivity contribution >= 4 is 11.7 Å². The summed E-state index contributed by atoms with van der Waals surface area (Å²) >= 11 is 0. The van der Waals surface area contributed by atoms with E-state index in [0.717, 1.165) is 16.8 Å². The highest BCUT2D eigenvalue weighted by Gasteiger charge is 2.15. The van der Waals surface area contributed by atoms with Crippen LogP contribution in [0.1, 0.15) is 23.6 Å². The smallest absolute Gasteiger partial charge is 0.305 e. The lowest BCUT2D eigenvalue weighted by atomic mass is 10.0. The van der Waals surface area contributed by atoms with Gasteiger partial charge in [0.2, 0.25) is 0 Å². The number of rotatable bonds is 4. The van der Waals surface area contributed by atoms with Gasteiger partial charge in [-0.15, -0.1) is 0 Å². The Bertz CT molecular complexity index is 389. The van der Waals surface area contributed by atoms with Crippen molar-refractivity contribution in [3.63, 3.8) is 0 Å². The summed E-state index contributed by atoms with van der Waals surface area (Å²) in [6, 6.07) is 5.40. The van der Waals surface area contributed by atoms with Gasteiger partial charge in [-0.05, 0) is 24.1 Å². The normalized spacial score (nSPS) is 12.2. The van der Waals surface area contributed by atoms with E-state index in [4.69, 9.17) is 10.8 Å². The average molecular weight is 222 g/mol. The number of hydrogen-bond donors (Lipinski definition) is 2. The fourth-order valence-corrected chi connectivity index (χ4v) is 1.65. The van der Waals surface area contributed by atoms with Crippen LogP contribution in [-0.4, -0.2) is 25.2 Å². The van der Waals surface area contributed by atoms with Crippen LogP contribution in [-0.2, 0) is 4.79 Å². The Morgan fingerprint density at radius 3 is 2.62 bits per heavy atom. The molecule has 0 saturated carbocycles. The van der Waals surface area contributed by atoms with Crippen molar-refractivity contribution in [1.82, 2.24) is 0 Å². The number of hydrogen-bond acceptors (Lipinski definition) is 3. The molecule has 1 unspecified atom stereocenters. The van der Waals surface area contributed by atoms with Gasteiger partial charge in [-0.1, -0.05) is 12.1 Å². The minimum Gasteiger partial charge on any atom is -0.481 e. The molecule has 0 amide bonds. The molecule has 0 spiro atoms. The molecule has 4 nitrogen and oxygen atoms in total. The maximum Gasteiger partial charge on any atom is 0.305 e. The van der Waals surface area contributed by atoms with Crippen LogP contribution in [0.3, 0.4) is 0 Å². The minimum absolute atomic E-state index is 0.0517. The van der Waals surface area contributed by atoms with Gasteiger partial charge in [0.25, 0.3) is 0 Å². The van der Waals surface area contributed by atoms with E-state index in [1.807, 2.05) is 44.1 Å². The molecule has 1 aromatic rings. The molecule has 0 aliphatic heterocycles. The number of benzene rings is 1. The van der Waals surface area contributed by atoms with Crippen LogP contribution in [0.5, 0.6) is 0 Å². The van der Waals surface area contributed by atoms with Crippen LogP contribution in [0.4, 0.5) is 5.69 Å². The van der Waals surface area contributed by atoms with E-state index in [2.05, 4.69) is 0 Å². The van der Waals surface area contributed by atoms with Crippen LogP contribution in [0.2, 0.25) is 0 Å². The van der Waals surface area contributed by atoms with Crippen molar-refractivity contribution in [1.29, 1.82) is 0 Å². The first kappa shape index (κ1) is 12.5. The summed E-state index contributed by atoms with van der Waals surface area (Å²) in [7, 11) is 3.84. The molecule has 16 heavy (non-hydrogen) atoms. The Morgan fingerprint density at radius 1 is 1.50 bits per heavy atom. The minimum atomic E-state index is -0.877. The Balaban J connectivity index is 3.07. The van der Waals surface area contributed by atoms with Crippen LogP contribution >= 0.6 is 0 Å². The summed E-state index contributed by atoms with van der Waals surface area (Å²) in [5.41, 5.74) is 8.86. The Hall–Kier alpha value is -1.55. The number of aliphatic carboxylic acids is 1. The third kappa shape index (κ3) is 2.97. The molecule has 1 rings (SSSR count). The molecule has 0 aromatic heterocycles. The van der Waals surface area contributed by atoms with E-state index in [-0.39, 0.29) is 6.42 Å². The van der Waals surface area contributed by atoms with Crippen LogP contribution in [0.25, 0.3) is 0 Å². The summed E-state index contributed by atoms with van der Waals surface area (Å²) in [5, 5.41) is 8.74. The molecule has 0 saturated heterocycles. The predicted octanol–water partition coefficient (Wildman–Crippen LogP) is 1.54. The van der Waals surface area contributed by atoms with Gasteiger partial charge in [0.05, 0.1) is 6.42 Å². The highest BCUT2D eigenvalue weighted by atomic mass is 16.4. The Morgan fingerprint density at radius 2 is 2.12 bits per heavy atom. The molecule has 3 N–H and O–H groups in total. The molecule has 0 fully saturated rings. The Kier molecular flexibility index (Phi) is 3.90. The first-order valence-corrected chi connectivity index (χ1v) is 5.17. The molecule has 1 aromatic carbocycles. The summed E-state index contributed by atoms with van der Waals surface area (Å²) in [6.45, 7) is 2.00. The second-order valence-corrected chi connectivity index (χ2v) is 4.16. The molecule has 0 radical (unpaired) electrons. The maximum absolute atomic E-state index is 10.6. The second kappa shape index (κ2) is 4.99. The number of carboxylic acids is 1. The van der Waals surface area contributed by atoms with Gasteiger partial charge in [-0.3, -0.25) is 4.79 Å². The van der Waals surface area contributed by atoms with E-state index < -0.39 is 12.0 Å². The van der Waals surface area contributed by atoms with Gasteiger partial charge in [-0.25, -0.2) is 0 Å². The number of aryl methyl sites for hydroxylation is 1. The quantitative estimate of drug-likeness (QED) is 0.811. The van der Waals surface area contributed by atoms with Crippen molar-refractivity contribution in [3.8, 4) is 0 Å². The molecule has 0 aliphatic carbocycles. The monoisotopic (exact) mass is 222 g/mol. The van der Waals surface area contributed by atoms with E-state index in [1.165, 1.54) is 0 Å². The molecular formula is C12H18N2O2. The molecule has 1 atom stereocenters. The highest BCUT2D eigenvalue weighted by Crippen LogP contribution is 2.26. The largest absolute Gasteiger partial charge is 0.481 e. The number of nitrogens with two attached hydrogens (primary N) is 1. The Labute approximate surface area is 95.7 Å². The lowest BCUT2D eigenvalue weighted by Crippen LogP contribution is -2.19. The van der Waals surface area contributed by atoms with Crippen molar-refractivity contribution in [2.75, 3.05) is 19.0 Å². The van der Waals surface area contributed by atoms with Gasteiger partial charge >= 0.3 is 5.97 Å². The third-order valence-corrected chi connectivity index (χ3v) is 2.46. The van der Waals surface area contributed by atoms with E-state index >= 15 is 0 Å². The van der Waals surface area contributed by atoms with Gasteiger partial charge < -0.3 is 15.7 Å². The molecule has 0 heterocycles. The van der Waals surface area contributed by atoms with Crippen molar-refractivity contribution in [3.05, 3.63) is 29.3 Å². The number of carbonyl (C=O) groups is 1. The van der Waals surface area contributed by atoms with Crippen LogP contribution in [0, 0.1) is 6.92 Å². The second-order valence-electron chi connectivity index (χ2n) is 4.16. The third-order valence-electron chi connectivity index (χ3n) is 2.46. The van der Waals surface area contributed by atoms with E-state index in [0.29, 0.717) is 0 Å². The molecular weight excluding hydrogens is 204 g/mol. The predicted molar refractivity (Wildman–Crippen MR) is 64.7 cm³/mol. The zero-order valence-corrected chi connectivity index (χ0v) is 9.90. The summed E-state index contributed by atoms with van der Waals surface area (Å²) in [5.74, 6) is -0.877. The SMILES string of the molecule is Cc1ccc(C(N)CC(=O)O)c(N(C)C)c1. The first-order chi connectivity index (χ1) is 7.41. The lowest BCUT2D eigenvalue weighted by molar-refractivity contribution is -0.137. The van der Waals surface area contributed by atoms with E-state index in [9.17, 15) is 4.79 Å². The van der Waals surface area contributed by atoms with E-state index in [1.54, 1.807) is 0 Å². The number of nitrogens with zero attached hydrogens (tertiary/aromatic N) is 1. The summed E-state index contributed by atoms with van der Waals surface area (Å²) in [6.07, 6.45) is -0.0517. The average Bonchev–Trinajstić information content (AvgIpc) is 2.16. The van der Waals surface area contributed by atoms with Crippen molar-refractivity contribution in [2.24, 2.45) is 5.73 Å². The fourth-order valence-electron chi connectivity index (χ4n) is 1.65. The maximum atomic E-state index is 10.6. The van der Waals surface area contributed by atoms with Gasteiger partial charge in [0, 0.05) is 25.8 Å². The number of anilines is 1. The summed E-state index contributed by atoms with van der Waals surface area (Å²) in [4.78, 5) is 12.6. The highest BCUT2D eigenvalue weighted by molar-refractivity contribution is 5.69. The molecule has 4 heteroatoms.